The molecule has 0 fully saturated rings. The lowest BCUT2D eigenvalue weighted by atomic mass is 10.2. The van der Waals surface area contributed by atoms with E-state index in [1.54, 1.807) is 57.7 Å². The third-order valence-corrected chi connectivity index (χ3v) is 4.28. The maximum atomic E-state index is 11.9. The molecule has 0 radical (unpaired) electrons. The first-order valence-corrected chi connectivity index (χ1v) is 9.89. The molecule has 0 aliphatic heterocycles. The minimum Gasteiger partial charge on any atom is -0.459 e. The Morgan fingerprint density at radius 1 is 0.969 bits per heavy atom. The van der Waals surface area contributed by atoms with Crippen molar-refractivity contribution in [2.45, 2.75) is 46.8 Å². The van der Waals surface area contributed by atoms with E-state index in [0.717, 1.165) is 10.9 Å². The quantitative estimate of drug-likeness (QED) is 0.381. The standard InChI is InChI=1S/C14H17N3O3.C8H7N3O/c1-9(18)13-10-5-6-15-7-11(10)17(16-13)8-12(19)20-14(2,3)4;1-5(12)8-6-2-3-9-4-7(6)10-11-8/h5-7H,8H2,1-4H3;2-4H,1H3,(H,10,11). The van der Waals surface area contributed by atoms with Gasteiger partial charge in [0.05, 0.1) is 23.4 Å². The molecule has 4 aromatic heterocycles. The van der Waals surface area contributed by atoms with E-state index in [1.165, 1.54) is 18.5 Å². The van der Waals surface area contributed by atoms with E-state index in [0.29, 0.717) is 22.3 Å². The van der Waals surface area contributed by atoms with Gasteiger partial charge in [0, 0.05) is 37.0 Å². The van der Waals surface area contributed by atoms with Gasteiger partial charge in [0.1, 0.15) is 23.5 Å². The Kier molecular flexibility index (Phi) is 6.42. The number of hydrogen-bond donors (Lipinski definition) is 1. The molecule has 0 saturated carbocycles. The molecule has 166 valence electrons. The number of nitrogens with zero attached hydrogens (tertiary/aromatic N) is 5. The van der Waals surface area contributed by atoms with Gasteiger partial charge in [-0.1, -0.05) is 0 Å². The molecule has 0 aliphatic rings. The summed E-state index contributed by atoms with van der Waals surface area (Å²) in [6, 6.07) is 3.49. The van der Waals surface area contributed by atoms with Crippen molar-refractivity contribution in [1.82, 2.24) is 29.9 Å². The number of fused-ring (bicyclic) bond motifs is 2. The zero-order valence-corrected chi connectivity index (χ0v) is 18.5. The van der Waals surface area contributed by atoms with Crippen LogP contribution in [0.3, 0.4) is 0 Å². The minimum atomic E-state index is -0.554. The van der Waals surface area contributed by atoms with Crippen molar-refractivity contribution in [3.8, 4) is 0 Å². The SMILES string of the molecule is CC(=O)c1n[nH]c2cnccc12.CC(=O)c1nn(CC(=O)OC(C)(C)C)c2cnccc12. The van der Waals surface area contributed by atoms with Gasteiger partial charge in [0.25, 0.3) is 0 Å². The van der Waals surface area contributed by atoms with E-state index in [9.17, 15) is 14.4 Å². The highest BCUT2D eigenvalue weighted by atomic mass is 16.6. The number of nitrogens with one attached hydrogen (secondary N) is 1. The van der Waals surface area contributed by atoms with Gasteiger partial charge in [-0.2, -0.15) is 10.2 Å². The number of pyridine rings is 2. The van der Waals surface area contributed by atoms with E-state index in [2.05, 4.69) is 25.3 Å². The smallest absolute Gasteiger partial charge is 0.328 e. The molecule has 4 heterocycles. The maximum Gasteiger partial charge on any atom is 0.328 e. The van der Waals surface area contributed by atoms with Crippen LogP contribution in [-0.2, 0) is 16.1 Å². The first kappa shape index (κ1) is 22.7. The third kappa shape index (κ3) is 5.20. The zero-order chi connectivity index (χ0) is 23.5. The van der Waals surface area contributed by atoms with Crippen LogP contribution in [0.1, 0.15) is 55.6 Å². The number of esters is 1. The average Bonchev–Trinajstić information content (AvgIpc) is 3.29. The van der Waals surface area contributed by atoms with Gasteiger partial charge in [0.2, 0.25) is 0 Å². The second kappa shape index (κ2) is 9.04. The number of hydrogen-bond acceptors (Lipinski definition) is 8. The zero-order valence-electron chi connectivity index (χ0n) is 18.5. The van der Waals surface area contributed by atoms with E-state index >= 15 is 0 Å². The number of ether oxygens (including phenoxy) is 1. The molecule has 10 nitrogen and oxygen atoms in total. The van der Waals surface area contributed by atoms with E-state index in [4.69, 9.17) is 4.74 Å². The Labute approximate surface area is 184 Å². The Hall–Kier alpha value is -3.95. The summed E-state index contributed by atoms with van der Waals surface area (Å²) < 4.78 is 6.71. The molecule has 10 heteroatoms. The molecule has 4 rings (SSSR count). The Balaban J connectivity index is 0.000000204. The Morgan fingerprint density at radius 2 is 1.59 bits per heavy atom. The van der Waals surface area contributed by atoms with Crippen LogP contribution in [0.25, 0.3) is 21.8 Å². The Bertz CT molecular complexity index is 1300. The molecule has 0 aliphatic carbocycles. The number of carbonyl (C=O) groups is 3. The lowest BCUT2D eigenvalue weighted by Gasteiger charge is -2.19. The molecular formula is C22H24N6O4. The number of ketones is 2. The average molecular weight is 436 g/mol. The van der Waals surface area contributed by atoms with Gasteiger partial charge in [0.15, 0.2) is 11.6 Å². The van der Waals surface area contributed by atoms with Gasteiger partial charge in [-0.05, 0) is 32.9 Å². The van der Waals surface area contributed by atoms with Gasteiger partial charge < -0.3 is 4.74 Å². The van der Waals surface area contributed by atoms with Crippen molar-refractivity contribution < 1.29 is 19.1 Å². The molecule has 32 heavy (non-hydrogen) atoms. The normalized spacial score (nSPS) is 11.2. The van der Waals surface area contributed by atoms with Gasteiger partial charge in [-0.25, -0.2) is 0 Å². The molecule has 0 unspecified atom stereocenters. The summed E-state index contributed by atoms with van der Waals surface area (Å²) in [6.07, 6.45) is 6.46. The van der Waals surface area contributed by atoms with Crippen molar-refractivity contribution >= 4 is 39.3 Å². The molecule has 0 atom stereocenters. The molecule has 1 N–H and O–H groups in total. The monoisotopic (exact) mass is 436 g/mol. The van der Waals surface area contributed by atoms with Crippen molar-refractivity contribution in [1.29, 1.82) is 0 Å². The second-order valence-electron chi connectivity index (χ2n) is 8.09. The summed E-state index contributed by atoms with van der Waals surface area (Å²) in [4.78, 5) is 42.4. The topological polar surface area (TPSA) is 133 Å². The lowest BCUT2D eigenvalue weighted by Crippen LogP contribution is -2.26. The molecule has 0 bridgehead atoms. The lowest BCUT2D eigenvalue weighted by molar-refractivity contribution is -0.155. The van der Waals surface area contributed by atoms with Gasteiger partial charge >= 0.3 is 5.97 Å². The third-order valence-electron chi connectivity index (χ3n) is 4.28. The van der Waals surface area contributed by atoms with E-state index < -0.39 is 11.6 Å². The molecular weight excluding hydrogens is 412 g/mol. The fraction of sp³-hybridized carbons (Fsp3) is 0.318. The Morgan fingerprint density at radius 3 is 2.22 bits per heavy atom. The van der Waals surface area contributed by atoms with Crippen LogP contribution in [0, 0.1) is 0 Å². The number of aromatic nitrogens is 6. The number of H-pyrrole nitrogens is 1. The molecule has 4 aromatic rings. The van der Waals surface area contributed by atoms with Crippen molar-refractivity contribution in [3.63, 3.8) is 0 Å². The number of rotatable bonds is 4. The van der Waals surface area contributed by atoms with Crippen LogP contribution in [0.5, 0.6) is 0 Å². The van der Waals surface area contributed by atoms with Crippen molar-refractivity contribution in [3.05, 3.63) is 48.3 Å². The summed E-state index contributed by atoms with van der Waals surface area (Å²) in [6.45, 7) is 8.29. The summed E-state index contributed by atoms with van der Waals surface area (Å²) >= 11 is 0. The highest BCUT2D eigenvalue weighted by Crippen LogP contribution is 2.18. The highest BCUT2D eigenvalue weighted by molar-refractivity contribution is 6.05. The van der Waals surface area contributed by atoms with Crippen LogP contribution in [0.2, 0.25) is 0 Å². The summed E-state index contributed by atoms with van der Waals surface area (Å²) in [5, 5.41) is 12.3. The first-order chi connectivity index (χ1) is 15.1. The summed E-state index contributed by atoms with van der Waals surface area (Å²) in [7, 11) is 0. The van der Waals surface area contributed by atoms with Gasteiger partial charge in [-0.3, -0.25) is 34.1 Å². The van der Waals surface area contributed by atoms with Crippen LogP contribution >= 0.6 is 0 Å². The fourth-order valence-corrected chi connectivity index (χ4v) is 3.03. The molecule has 0 spiro atoms. The van der Waals surface area contributed by atoms with Crippen LogP contribution in [0.15, 0.2) is 36.9 Å². The highest BCUT2D eigenvalue weighted by Gasteiger charge is 2.20. The van der Waals surface area contributed by atoms with Crippen molar-refractivity contribution in [2.24, 2.45) is 0 Å². The molecule has 0 amide bonds. The number of carbonyl (C=O) groups excluding carboxylic acids is 3. The molecule has 0 saturated heterocycles. The molecule has 0 aromatic carbocycles. The maximum absolute atomic E-state index is 11.9. The predicted molar refractivity (Wildman–Crippen MR) is 117 cm³/mol. The van der Waals surface area contributed by atoms with Crippen LogP contribution in [-0.4, -0.2) is 53.1 Å². The van der Waals surface area contributed by atoms with Gasteiger partial charge in [-0.15, -0.1) is 0 Å². The number of aromatic amines is 1. The summed E-state index contributed by atoms with van der Waals surface area (Å²) in [5.41, 5.74) is 1.70. The first-order valence-electron chi connectivity index (χ1n) is 9.89. The minimum absolute atomic E-state index is 0.0348. The fourth-order valence-electron chi connectivity index (χ4n) is 3.03. The van der Waals surface area contributed by atoms with Crippen LogP contribution < -0.4 is 0 Å². The predicted octanol–water partition coefficient (Wildman–Crippen LogP) is 3.14. The number of Topliss-reactive ketones (excluding diaryl/α,β-unsaturated/α-hetero) is 2. The van der Waals surface area contributed by atoms with E-state index in [-0.39, 0.29) is 18.1 Å². The van der Waals surface area contributed by atoms with Crippen molar-refractivity contribution in [2.75, 3.05) is 0 Å². The summed E-state index contributed by atoms with van der Waals surface area (Å²) in [5.74, 6) is -0.586. The second-order valence-corrected chi connectivity index (χ2v) is 8.09. The largest absolute Gasteiger partial charge is 0.459 e. The van der Waals surface area contributed by atoms with E-state index in [1.807, 2.05) is 0 Å². The van der Waals surface area contributed by atoms with Crippen LogP contribution in [0.4, 0.5) is 0 Å².